The molecule has 2 aromatic heterocycles. The number of carbonyl (C=O) groups is 1. The second kappa shape index (κ2) is 4.59. The summed E-state index contributed by atoms with van der Waals surface area (Å²) in [5.74, 6) is -0.996. The molecule has 0 saturated carbocycles. The van der Waals surface area contributed by atoms with Gasteiger partial charge in [-0.15, -0.1) is 0 Å². The van der Waals surface area contributed by atoms with Gasteiger partial charge in [0, 0.05) is 11.5 Å². The molecule has 0 aromatic carbocycles. The largest absolute Gasteiger partial charge is 0.481 e. The van der Waals surface area contributed by atoms with E-state index in [1.54, 1.807) is 0 Å². The highest BCUT2D eigenvalue weighted by molar-refractivity contribution is 5.71. The highest BCUT2D eigenvalue weighted by Crippen LogP contribution is 2.28. The molecule has 0 aliphatic heterocycles. The van der Waals surface area contributed by atoms with Gasteiger partial charge < -0.3 is 5.11 Å². The molecule has 0 unspecified atom stereocenters. The zero-order chi connectivity index (χ0) is 15.1. The predicted octanol–water partition coefficient (Wildman–Crippen LogP) is 2.17. The molecule has 0 saturated heterocycles. The molecule has 1 N–H and O–H groups in total. The molecule has 2 aromatic rings. The van der Waals surface area contributed by atoms with Crippen molar-refractivity contribution in [1.29, 1.82) is 0 Å². The topological polar surface area (TPSA) is 97.7 Å². The third-order valence-electron chi connectivity index (χ3n) is 2.94. The SMILES string of the molecule is CC(C)(C)c1nc2ccc([N+](=O)[O-])cn2c1CC(=O)O. The van der Waals surface area contributed by atoms with E-state index in [-0.39, 0.29) is 17.5 Å². The summed E-state index contributed by atoms with van der Waals surface area (Å²) in [6, 6.07) is 2.89. The number of aliphatic carboxylic acids is 1. The molecule has 0 amide bonds. The number of fused-ring (bicyclic) bond motifs is 1. The fraction of sp³-hybridized carbons (Fsp3) is 0.385. The molecule has 2 heterocycles. The van der Waals surface area contributed by atoms with Crippen LogP contribution >= 0.6 is 0 Å². The van der Waals surface area contributed by atoms with Crippen LogP contribution in [-0.2, 0) is 16.6 Å². The van der Waals surface area contributed by atoms with Gasteiger partial charge in [0.25, 0.3) is 5.69 Å². The maximum absolute atomic E-state index is 11.0. The average Bonchev–Trinajstić information content (AvgIpc) is 2.66. The van der Waals surface area contributed by atoms with E-state index in [0.29, 0.717) is 17.0 Å². The minimum Gasteiger partial charge on any atom is -0.481 e. The van der Waals surface area contributed by atoms with Crippen molar-refractivity contribution >= 4 is 17.3 Å². The van der Waals surface area contributed by atoms with Crippen LogP contribution in [0.5, 0.6) is 0 Å². The first-order valence-electron chi connectivity index (χ1n) is 6.08. The third kappa shape index (κ3) is 2.47. The molecule has 0 spiro atoms. The number of nitro groups is 1. The van der Waals surface area contributed by atoms with Crippen molar-refractivity contribution in [2.24, 2.45) is 0 Å². The van der Waals surface area contributed by atoms with Crippen LogP contribution < -0.4 is 0 Å². The smallest absolute Gasteiger partial charge is 0.309 e. The van der Waals surface area contributed by atoms with Gasteiger partial charge in [-0.05, 0) is 6.07 Å². The number of imidazole rings is 1. The highest BCUT2D eigenvalue weighted by atomic mass is 16.6. The van der Waals surface area contributed by atoms with Crippen LogP contribution in [-0.4, -0.2) is 25.4 Å². The molecule has 2 rings (SSSR count). The summed E-state index contributed by atoms with van der Waals surface area (Å²) >= 11 is 0. The Balaban J connectivity index is 2.74. The number of carboxylic acids is 1. The van der Waals surface area contributed by atoms with Gasteiger partial charge >= 0.3 is 5.97 Å². The third-order valence-corrected chi connectivity index (χ3v) is 2.94. The minimum absolute atomic E-state index is 0.0954. The number of pyridine rings is 1. The first-order valence-corrected chi connectivity index (χ1v) is 6.08. The zero-order valence-electron chi connectivity index (χ0n) is 11.5. The van der Waals surface area contributed by atoms with Gasteiger partial charge in [0.1, 0.15) is 5.65 Å². The van der Waals surface area contributed by atoms with Crippen molar-refractivity contribution in [3.05, 3.63) is 39.8 Å². The fourth-order valence-electron chi connectivity index (χ4n) is 2.10. The first kappa shape index (κ1) is 14.0. The van der Waals surface area contributed by atoms with E-state index >= 15 is 0 Å². The van der Waals surface area contributed by atoms with Crippen LogP contribution in [0.2, 0.25) is 0 Å². The number of hydrogen-bond donors (Lipinski definition) is 1. The van der Waals surface area contributed by atoms with E-state index in [2.05, 4.69) is 4.98 Å². The second-order valence-electron chi connectivity index (χ2n) is 5.60. The lowest BCUT2D eigenvalue weighted by molar-refractivity contribution is -0.385. The average molecular weight is 277 g/mol. The molecular weight excluding hydrogens is 262 g/mol. The van der Waals surface area contributed by atoms with E-state index in [4.69, 9.17) is 5.11 Å². The van der Waals surface area contributed by atoms with Crippen LogP contribution in [0.4, 0.5) is 5.69 Å². The summed E-state index contributed by atoms with van der Waals surface area (Å²) in [5.41, 5.74) is 1.19. The molecule has 0 bridgehead atoms. The van der Waals surface area contributed by atoms with Gasteiger partial charge in [-0.2, -0.15) is 0 Å². The Morgan fingerprint density at radius 2 is 2.10 bits per heavy atom. The maximum atomic E-state index is 11.0. The monoisotopic (exact) mass is 277 g/mol. The quantitative estimate of drug-likeness (QED) is 0.684. The van der Waals surface area contributed by atoms with Crippen molar-refractivity contribution in [3.63, 3.8) is 0 Å². The molecular formula is C13H15N3O4. The lowest BCUT2D eigenvalue weighted by atomic mass is 9.90. The predicted molar refractivity (Wildman–Crippen MR) is 71.9 cm³/mol. The first-order chi connectivity index (χ1) is 9.20. The van der Waals surface area contributed by atoms with Crippen LogP contribution in [0.15, 0.2) is 18.3 Å². The number of aromatic nitrogens is 2. The van der Waals surface area contributed by atoms with Crippen LogP contribution in [0, 0.1) is 10.1 Å². The Bertz CT molecular complexity index is 697. The lowest BCUT2D eigenvalue weighted by Gasteiger charge is -2.17. The van der Waals surface area contributed by atoms with Gasteiger partial charge in [-0.3, -0.25) is 19.3 Å². The van der Waals surface area contributed by atoms with Gasteiger partial charge in [-0.1, -0.05) is 20.8 Å². The van der Waals surface area contributed by atoms with Crippen molar-refractivity contribution in [2.45, 2.75) is 32.6 Å². The summed E-state index contributed by atoms with van der Waals surface area (Å²) in [7, 11) is 0. The van der Waals surface area contributed by atoms with Crippen LogP contribution in [0.3, 0.4) is 0 Å². The Labute approximate surface area is 115 Å². The Hall–Kier alpha value is -2.44. The van der Waals surface area contributed by atoms with E-state index in [1.807, 2.05) is 20.8 Å². The number of hydrogen-bond acceptors (Lipinski definition) is 4. The number of nitrogens with zero attached hydrogens (tertiary/aromatic N) is 3. The van der Waals surface area contributed by atoms with E-state index in [1.165, 1.54) is 22.7 Å². The number of rotatable bonds is 3. The second-order valence-corrected chi connectivity index (χ2v) is 5.60. The summed E-state index contributed by atoms with van der Waals surface area (Å²) in [6.45, 7) is 5.78. The number of carboxylic acid groups (broad SMARTS) is 1. The summed E-state index contributed by atoms with van der Waals surface area (Å²) in [5, 5.41) is 19.9. The minimum atomic E-state index is -0.996. The van der Waals surface area contributed by atoms with Crippen molar-refractivity contribution in [3.8, 4) is 0 Å². The van der Waals surface area contributed by atoms with Gasteiger partial charge in [0.05, 0.1) is 28.9 Å². The van der Waals surface area contributed by atoms with E-state index in [9.17, 15) is 14.9 Å². The zero-order valence-corrected chi connectivity index (χ0v) is 11.5. The van der Waals surface area contributed by atoms with Crippen LogP contribution in [0.1, 0.15) is 32.2 Å². The maximum Gasteiger partial charge on any atom is 0.309 e. The van der Waals surface area contributed by atoms with Crippen molar-refractivity contribution in [2.75, 3.05) is 0 Å². The lowest BCUT2D eigenvalue weighted by Crippen LogP contribution is -2.17. The molecule has 106 valence electrons. The Kier molecular flexibility index (Phi) is 3.21. The molecule has 0 aliphatic rings. The van der Waals surface area contributed by atoms with Crippen molar-refractivity contribution < 1.29 is 14.8 Å². The fourth-order valence-corrected chi connectivity index (χ4v) is 2.10. The van der Waals surface area contributed by atoms with Crippen LogP contribution in [0.25, 0.3) is 5.65 Å². The highest BCUT2D eigenvalue weighted by Gasteiger charge is 2.25. The molecule has 7 heteroatoms. The molecule has 0 fully saturated rings. The van der Waals surface area contributed by atoms with Gasteiger partial charge in [0.2, 0.25) is 0 Å². The Morgan fingerprint density at radius 1 is 1.45 bits per heavy atom. The van der Waals surface area contributed by atoms with E-state index < -0.39 is 10.9 Å². The summed E-state index contributed by atoms with van der Waals surface area (Å²) in [6.07, 6.45) is 1.09. The van der Waals surface area contributed by atoms with Gasteiger partial charge in [0.15, 0.2) is 0 Å². The molecule has 0 aliphatic carbocycles. The molecule has 20 heavy (non-hydrogen) atoms. The summed E-state index contributed by atoms with van der Waals surface area (Å²) in [4.78, 5) is 25.8. The van der Waals surface area contributed by atoms with E-state index in [0.717, 1.165) is 0 Å². The molecule has 7 nitrogen and oxygen atoms in total. The van der Waals surface area contributed by atoms with Gasteiger partial charge in [-0.25, -0.2) is 4.98 Å². The van der Waals surface area contributed by atoms with Crippen molar-refractivity contribution in [1.82, 2.24) is 9.38 Å². The molecule has 0 radical (unpaired) electrons. The molecule has 0 atom stereocenters. The summed E-state index contributed by atoms with van der Waals surface area (Å²) < 4.78 is 1.49. The normalized spacial score (nSPS) is 11.8. The standard InChI is InChI=1S/C13H15N3O4/c1-13(2,3)12-9(6-11(17)18)15-7-8(16(19)20)4-5-10(15)14-12/h4-5,7H,6H2,1-3H3,(H,17,18). The Morgan fingerprint density at radius 3 is 2.60 bits per heavy atom.